The van der Waals surface area contributed by atoms with E-state index >= 15 is 0 Å². The van der Waals surface area contributed by atoms with Gasteiger partial charge >= 0.3 is 0 Å². The number of thiazole rings is 1. The molecule has 6 heteroatoms. The molecule has 0 radical (unpaired) electrons. The molecule has 2 N–H and O–H groups in total. The fraction of sp³-hybridized carbons (Fsp3) is 0.200. The molecule has 2 heterocycles. The molecule has 0 aliphatic heterocycles. The number of benzene rings is 1. The van der Waals surface area contributed by atoms with Crippen LogP contribution in [0.15, 0.2) is 29.6 Å². The summed E-state index contributed by atoms with van der Waals surface area (Å²) in [6, 6.07) is 6.39. The SMILES string of the molecule is Cc1n[nH]c(C)c1NCc1csc(-c2ccc(F)cc2)n1. The molecule has 0 saturated carbocycles. The van der Waals surface area contributed by atoms with Crippen molar-refractivity contribution >= 4 is 17.0 Å². The van der Waals surface area contributed by atoms with Gasteiger partial charge in [0.15, 0.2) is 0 Å². The Labute approximate surface area is 126 Å². The average molecular weight is 302 g/mol. The first-order chi connectivity index (χ1) is 10.1. The van der Waals surface area contributed by atoms with Crippen LogP contribution in [-0.2, 0) is 6.54 Å². The van der Waals surface area contributed by atoms with Crippen molar-refractivity contribution in [3.8, 4) is 10.6 Å². The standard InChI is InChI=1S/C15H15FN4S/c1-9-14(10(2)20-19-9)17-7-13-8-21-15(18-13)11-3-5-12(16)6-4-11/h3-6,8,17H,7H2,1-2H3,(H,19,20). The number of anilines is 1. The van der Waals surface area contributed by atoms with Crippen LogP contribution in [0.2, 0.25) is 0 Å². The normalized spacial score (nSPS) is 10.8. The van der Waals surface area contributed by atoms with Gasteiger partial charge in [-0.2, -0.15) is 5.10 Å². The van der Waals surface area contributed by atoms with Crippen molar-refractivity contribution in [2.75, 3.05) is 5.32 Å². The molecule has 0 aliphatic carbocycles. The van der Waals surface area contributed by atoms with Crippen molar-refractivity contribution in [3.63, 3.8) is 0 Å². The number of halogens is 1. The van der Waals surface area contributed by atoms with Gasteiger partial charge in [0, 0.05) is 10.9 Å². The van der Waals surface area contributed by atoms with Gasteiger partial charge in [0.25, 0.3) is 0 Å². The number of aromatic amines is 1. The first-order valence-corrected chi connectivity index (χ1v) is 7.47. The van der Waals surface area contributed by atoms with Crippen molar-refractivity contribution in [1.82, 2.24) is 15.2 Å². The predicted molar refractivity (Wildman–Crippen MR) is 82.9 cm³/mol. The van der Waals surface area contributed by atoms with Gasteiger partial charge in [0.05, 0.1) is 29.3 Å². The van der Waals surface area contributed by atoms with Gasteiger partial charge in [0.2, 0.25) is 0 Å². The van der Waals surface area contributed by atoms with Crippen LogP contribution in [0.3, 0.4) is 0 Å². The summed E-state index contributed by atoms with van der Waals surface area (Å²) in [5.74, 6) is -0.233. The van der Waals surface area contributed by atoms with Gasteiger partial charge in [-0.1, -0.05) is 0 Å². The lowest BCUT2D eigenvalue weighted by Crippen LogP contribution is -2.01. The third kappa shape index (κ3) is 2.95. The summed E-state index contributed by atoms with van der Waals surface area (Å²) in [6.07, 6.45) is 0. The van der Waals surface area contributed by atoms with E-state index < -0.39 is 0 Å². The third-order valence-corrected chi connectivity index (χ3v) is 4.16. The first-order valence-electron chi connectivity index (χ1n) is 6.59. The number of hydrogen-bond donors (Lipinski definition) is 2. The molecule has 21 heavy (non-hydrogen) atoms. The van der Waals surface area contributed by atoms with E-state index in [1.54, 1.807) is 23.5 Å². The number of nitrogens with one attached hydrogen (secondary N) is 2. The smallest absolute Gasteiger partial charge is 0.123 e. The largest absolute Gasteiger partial charge is 0.376 e. The Hall–Kier alpha value is -2.21. The van der Waals surface area contributed by atoms with E-state index in [4.69, 9.17) is 0 Å². The Balaban J connectivity index is 1.72. The van der Waals surface area contributed by atoms with Crippen LogP contribution >= 0.6 is 11.3 Å². The Kier molecular flexibility index (Phi) is 3.70. The highest BCUT2D eigenvalue weighted by atomic mass is 32.1. The highest BCUT2D eigenvalue weighted by Gasteiger charge is 2.08. The molecule has 0 aliphatic rings. The second-order valence-electron chi connectivity index (χ2n) is 4.81. The molecule has 2 aromatic heterocycles. The van der Waals surface area contributed by atoms with E-state index in [9.17, 15) is 4.39 Å². The monoisotopic (exact) mass is 302 g/mol. The van der Waals surface area contributed by atoms with Crippen molar-refractivity contribution in [2.24, 2.45) is 0 Å². The van der Waals surface area contributed by atoms with Crippen LogP contribution in [0.4, 0.5) is 10.1 Å². The minimum Gasteiger partial charge on any atom is -0.376 e. The molecular weight excluding hydrogens is 287 g/mol. The fourth-order valence-corrected chi connectivity index (χ4v) is 2.93. The van der Waals surface area contributed by atoms with E-state index in [2.05, 4.69) is 20.5 Å². The Bertz CT molecular complexity index is 726. The fourth-order valence-electron chi connectivity index (χ4n) is 2.10. The van der Waals surface area contributed by atoms with E-state index in [0.29, 0.717) is 6.54 Å². The maximum Gasteiger partial charge on any atom is 0.123 e. The zero-order chi connectivity index (χ0) is 14.8. The molecule has 1 aromatic carbocycles. The van der Waals surface area contributed by atoms with E-state index in [1.807, 2.05) is 19.2 Å². The van der Waals surface area contributed by atoms with Crippen molar-refractivity contribution in [3.05, 3.63) is 52.5 Å². The highest BCUT2D eigenvalue weighted by Crippen LogP contribution is 2.24. The van der Waals surface area contributed by atoms with E-state index in [-0.39, 0.29) is 5.82 Å². The summed E-state index contributed by atoms with van der Waals surface area (Å²) < 4.78 is 12.9. The number of rotatable bonds is 4. The molecule has 3 aromatic rings. The third-order valence-electron chi connectivity index (χ3n) is 3.22. The van der Waals surface area contributed by atoms with Gasteiger partial charge in [-0.15, -0.1) is 11.3 Å². The quantitative estimate of drug-likeness (QED) is 0.768. The lowest BCUT2D eigenvalue weighted by atomic mass is 10.2. The van der Waals surface area contributed by atoms with E-state index in [1.165, 1.54) is 12.1 Å². The van der Waals surface area contributed by atoms with Gasteiger partial charge in [-0.3, -0.25) is 5.10 Å². The van der Waals surface area contributed by atoms with Crippen molar-refractivity contribution in [1.29, 1.82) is 0 Å². The molecule has 0 unspecified atom stereocenters. The number of aromatic nitrogens is 3. The van der Waals surface area contributed by atoms with Crippen LogP contribution < -0.4 is 5.32 Å². The van der Waals surface area contributed by atoms with Gasteiger partial charge in [-0.25, -0.2) is 9.37 Å². The Morgan fingerprint density at radius 1 is 1.24 bits per heavy atom. The minimum absolute atomic E-state index is 0.233. The number of hydrogen-bond acceptors (Lipinski definition) is 4. The number of nitrogens with zero attached hydrogens (tertiary/aromatic N) is 2. The van der Waals surface area contributed by atoms with Crippen LogP contribution in [0, 0.1) is 19.7 Å². The molecule has 0 fully saturated rings. The van der Waals surface area contributed by atoms with Crippen LogP contribution in [0.5, 0.6) is 0 Å². The Morgan fingerprint density at radius 3 is 2.67 bits per heavy atom. The van der Waals surface area contributed by atoms with Gasteiger partial charge in [-0.05, 0) is 38.1 Å². The first kappa shape index (κ1) is 13.8. The van der Waals surface area contributed by atoms with Gasteiger partial charge < -0.3 is 5.32 Å². The average Bonchev–Trinajstić information content (AvgIpc) is 3.06. The second-order valence-corrected chi connectivity index (χ2v) is 5.67. The van der Waals surface area contributed by atoms with Crippen LogP contribution in [0.1, 0.15) is 17.1 Å². The maximum absolute atomic E-state index is 12.9. The molecule has 0 bridgehead atoms. The topological polar surface area (TPSA) is 53.6 Å². The summed E-state index contributed by atoms with van der Waals surface area (Å²) in [5, 5.41) is 13.3. The Morgan fingerprint density at radius 2 is 2.00 bits per heavy atom. The highest BCUT2D eigenvalue weighted by molar-refractivity contribution is 7.13. The lowest BCUT2D eigenvalue weighted by molar-refractivity contribution is 0.628. The predicted octanol–water partition coefficient (Wildman–Crippen LogP) is 3.90. The summed E-state index contributed by atoms with van der Waals surface area (Å²) in [4.78, 5) is 4.57. The van der Waals surface area contributed by atoms with Gasteiger partial charge in [0.1, 0.15) is 10.8 Å². The number of H-pyrrole nitrogens is 1. The molecule has 4 nitrogen and oxygen atoms in total. The summed E-state index contributed by atoms with van der Waals surface area (Å²) in [6.45, 7) is 4.57. The molecule has 0 saturated heterocycles. The summed E-state index contributed by atoms with van der Waals surface area (Å²) in [5.41, 5.74) is 4.87. The zero-order valence-corrected chi connectivity index (χ0v) is 12.6. The molecule has 0 amide bonds. The molecular formula is C15H15FN4S. The van der Waals surface area contributed by atoms with Crippen LogP contribution in [0.25, 0.3) is 10.6 Å². The molecule has 0 spiro atoms. The number of aryl methyl sites for hydroxylation is 2. The summed E-state index contributed by atoms with van der Waals surface area (Å²) >= 11 is 1.56. The summed E-state index contributed by atoms with van der Waals surface area (Å²) in [7, 11) is 0. The molecule has 3 rings (SSSR count). The zero-order valence-electron chi connectivity index (χ0n) is 11.8. The lowest BCUT2D eigenvalue weighted by Gasteiger charge is -2.03. The second kappa shape index (κ2) is 5.65. The van der Waals surface area contributed by atoms with Crippen LogP contribution in [-0.4, -0.2) is 15.2 Å². The molecule has 0 atom stereocenters. The molecule has 108 valence electrons. The maximum atomic E-state index is 12.9. The minimum atomic E-state index is -0.233. The van der Waals surface area contributed by atoms with Crippen molar-refractivity contribution < 1.29 is 4.39 Å². The van der Waals surface area contributed by atoms with Crippen molar-refractivity contribution in [2.45, 2.75) is 20.4 Å². The van der Waals surface area contributed by atoms with E-state index in [0.717, 1.165) is 33.3 Å².